The predicted octanol–water partition coefficient (Wildman–Crippen LogP) is 2.76. The van der Waals surface area contributed by atoms with Crippen molar-refractivity contribution in [1.29, 1.82) is 0 Å². The van der Waals surface area contributed by atoms with Gasteiger partial charge < -0.3 is 14.2 Å². The van der Waals surface area contributed by atoms with Crippen molar-refractivity contribution >= 4 is 38.3 Å². The number of benzene rings is 1. The van der Waals surface area contributed by atoms with Crippen LogP contribution in [0.2, 0.25) is 5.02 Å². The molecule has 7 nitrogen and oxygen atoms in total. The highest BCUT2D eigenvalue weighted by atomic mass is 35.5. The number of fused-ring (bicyclic) bond motifs is 1. The molecule has 22 heavy (non-hydrogen) atoms. The third kappa shape index (κ3) is 2.80. The number of nitrogens with one attached hydrogen (secondary N) is 2. The van der Waals surface area contributed by atoms with E-state index in [-0.39, 0.29) is 17.3 Å². The standard InChI is InChI=1S/C13H12ClN3O4S/c1-20-7-9-5-13(16-21-9)17-22(18,19)12-6-15-11-4-8(14)2-3-10(11)12/h2-6,15H,7H2,1H3,(H,16,17). The van der Waals surface area contributed by atoms with Crippen molar-refractivity contribution in [2.24, 2.45) is 0 Å². The van der Waals surface area contributed by atoms with E-state index in [2.05, 4.69) is 14.9 Å². The molecule has 0 saturated heterocycles. The fraction of sp³-hybridized carbons (Fsp3) is 0.154. The zero-order valence-corrected chi connectivity index (χ0v) is 13.0. The average Bonchev–Trinajstić information content (AvgIpc) is 3.05. The number of aromatic amines is 1. The second-order valence-corrected chi connectivity index (χ2v) is 6.65. The Bertz CT molecular complexity index is 916. The number of methoxy groups -OCH3 is 1. The largest absolute Gasteiger partial charge is 0.377 e. The minimum atomic E-state index is -3.80. The van der Waals surface area contributed by atoms with E-state index in [1.165, 1.54) is 19.4 Å². The van der Waals surface area contributed by atoms with Gasteiger partial charge in [0.2, 0.25) is 0 Å². The minimum absolute atomic E-state index is 0.0929. The van der Waals surface area contributed by atoms with Crippen molar-refractivity contribution in [3.8, 4) is 0 Å². The molecule has 0 amide bonds. The van der Waals surface area contributed by atoms with Crippen molar-refractivity contribution in [2.45, 2.75) is 11.5 Å². The number of sulfonamides is 1. The smallest absolute Gasteiger partial charge is 0.265 e. The summed E-state index contributed by atoms with van der Waals surface area (Å²) >= 11 is 5.89. The van der Waals surface area contributed by atoms with Gasteiger partial charge in [-0.2, -0.15) is 0 Å². The van der Waals surface area contributed by atoms with E-state index >= 15 is 0 Å². The van der Waals surface area contributed by atoms with Crippen LogP contribution in [0.4, 0.5) is 5.82 Å². The number of halogens is 1. The van der Waals surface area contributed by atoms with Gasteiger partial charge in [0.1, 0.15) is 11.5 Å². The SMILES string of the molecule is COCc1cc(NS(=O)(=O)c2c[nH]c3cc(Cl)ccc23)no1. The molecule has 0 saturated carbocycles. The van der Waals surface area contributed by atoms with Gasteiger partial charge in [-0.05, 0) is 18.2 Å². The predicted molar refractivity (Wildman–Crippen MR) is 81.3 cm³/mol. The van der Waals surface area contributed by atoms with Crippen LogP contribution in [0.3, 0.4) is 0 Å². The molecule has 0 fully saturated rings. The minimum Gasteiger partial charge on any atom is -0.377 e. The second-order valence-electron chi connectivity index (χ2n) is 4.56. The highest BCUT2D eigenvalue weighted by Gasteiger charge is 2.21. The van der Waals surface area contributed by atoms with E-state index in [0.717, 1.165) is 0 Å². The maximum Gasteiger partial charge on any atom is 0.265 e. The Labute approximate surface area is 131 Å². The van der Waals surface area contributed by atoms with Crippen molar-refractivity contribution in [3.05, 3.63) is 41.2 Å². The number of ether oxygens (including phenoxy) is 1. The Balaban J connectivity index is 1.93. The van der Waals surface area contributed by atoms with Gasteiger partial charge in [-0.1, -0.05) is 16.8 Å². The molecule has 0 aliphatic carbocycles. The van der Waals surface area contributed by atoms with E-state index < -0.39 is 10.0 Å². The van der Waals surface area contributed by atoms with Gasteiger partial charge in [0.25, 0.3) is 10.0 Å². The first-order valence-corrected chi connectivity index (χ1v) is 8.10. The van der Waals surface area contributed by atoms with Crippen molar-refractivity contribution < 1.29 is 17.7 Å². The number of rotatable bonds is 5. The fourth-order valence-corrected chi connectivity index (χ4v) is 3.39. The van der Waals surface area contributed by atoms with E-state index in [9.17, 15) is 8.42 Å². The number of anilines is 1. The Morgan fingerprint density at radius 2 is 2.23 bits per heavy atom. The molecular formula is C13H12ClN3O4S. The summed E-state index contributed by atoms with van der Waals surface area (Å²) in [4.78, 5) is 2.99. The molecule has 3 rings (SSSR count). The van der Waals surface area contributed by atoms with E-state index in [1.54, 1.807) is 18.2 Å². The lowest BCUT2D eigenvalue weighted by atomic mass is 10.2. The molecule has 0 radical (unpaired) electrons. The van der Waals surface area contributed by atoms with Gasteiger partial charge >= 0.3 is 0 Å². The van der Waals surface area contributed by atoms with E-state index in [4.69, 9.17) is 20.9 Å². The van der Waals surface area contributed by atoms with Gasteiger partial charge in [-0.3, -0.25) is 4.72 Å². The molecule has 0 aliphatic heterocycles. The van der Waals surface area contributed by atoms with Gasteiger partial charge in [0.15, 0.2) is 11.6 Å². The number of nitrogens with zero attached hydrogens (tertiary/aromatic N) is 1. The Morgan fingerprint density at radius 3 is 3.00 bits per heavy atom. The van der Waals surface area contributed by atoms with Crippen LogP contribution < -0.4 is 4.72 Å². The third-order valence-corrected chi connectivity index (χ3v) is 4.61. The van der Waals surface area contributed by atoms with Crippen LogP contribution >= 0.6 is 11.6 Å². The molecule has 0 spiro atoms. The quantitative estimate of drug-likeness (QED) is 0.743. The zero-order valence-electron chi connectivity index (χ0n) is 11.5. The molecule has 2 N–H and O–H groups in total. The van der Waals surface area contributed by atoms with Crippen LogP contribution in [0.25, 0.3) is 10.9 Å². The second kappa shape index (κ2) is 5.64. The zero-order chi connectivity index (χ0) is 15.7. The summed E-state index contributed by atoms with van der Waals surface area (Å²) < 4.78 is 37.1. The Morgan fingerprint density at radius 1 is 1.41 bits per heavy atom. The maximum atomic E-state index is 12.5. The van der Waals surface area contributed by atoms with Gasteiger partial charge in [0, 0.05) is 35.3 Å². The molecule has 0 bridgehead atoms. The molecule has 1 aromatic carbocycles. The third-order valence-electron chi connectivity index (χ3n) is 2.98. The molecule has 9 heteroatoms. The molecule has 0 unspecified atom stereocenters. The average molecular weight is 342 g/mol. The van der Waals surface area contributed by atoms with Crippen LogP contribution in [0.1, 0.15) is 5.76 Å². The van der Waals surface area contributed by atoms with Gasteiger partial charge in [0.05, 0.1) is 0 Å². The van der Waals surface area contributed by atoms with Crippen LogP contribution in [-0.4, -0.2) is 25.7 Å². The van der Waals surface area contributed by atoms with Crippen molar-refractivity contribution in [2.75, 3.05) is 11.8 Å². The Hall–Kier alpha value is -2.03. The van der Waals surface area contributed by atoms with E-state index in [0.29, 0.717) is 21.7 Å². The summed E-state index contributed by atoms with van der Waals surface area (Å²) in [6.45, 7) is 0.209. The maximum absolute atomic E-state index is 12.5. The van der Waals surface area contributed by atoms with Gasteiger partial charge in [-0.15, -0.1) is 0 Å². The first kappa shape index (κ1) is 14.9. The number of hydrogen-bond acceptors (Lipinski definition) is 5. The van der Waals surface area contributed by atoms with Crippen molar-refractivity contribution in [1.82, 2.24) is 10.1 Å². The highest BCUT2D eigenvalue weighted by Crippen LogP contribution is 2.26. The molecule has 0 aliphatic rings. The summed E-state index contributed by atoms with van der Waals surface area (Å²) in [5, 5.41) is 4.71. The first-order valence-electron chi connectivity index (χ1n) is 6.23. The van der Waals surface area contributed by atoms with Crippen LogP contribution in [0.15, 0.2) is 39.9 Å². The first-order chi connectivity index (χ1) is 10.5. The lowest BCUT2D eigenvalue weighted by Gasteiger charge is -2.03. The van der Waals surface area contributed by atoms with Crippen LogP contribution in [-0.2, 0) is 21.4 Å². The van der Waals surface area contributed by atoms with Gasteiger partial charge in [-0.25, -0.2) is 8.42 Å². The molecule has 116 valence electrons. The Kier molecular flexibility index (Phi) is 3.81. The topological polar surface area (TPSA) is 97.2 Å². The summed E-state index contributed by atoms with van der Waals surface area (Å²) in [6.07, 6.45) is 1.40. The molecule has 3 aromatic rings. The number of H-pyrrole nitrogens is 1. The van der Waals surface area contributed by atoms with Crippen LogP contribution in [0, 0.1) is 0 Å². The van der Waals surface area contributed by atoms with E-state index in [1.807, 2.05) is 0 Å². The normalized spacial score (nSPS) is 11.9. The lowest BCUT2D eigenvalue weighted by molar-refractivity contribution is 0.156. The molecular weight excluding hydrogens is 330 g/mol. The summed E-state index contributed by atoms with van der Waals surface area (Å²) in [5.41, 5.74) is 0.632. The number of hydrogen-bond donors (Lipinski definition) is 2. The fourth-order valence-electron chi connectivity index (χ4n) is 2.06. The monoisotopic (exact) mass is 341 g/mol. The lowest BCUT2D eigenvalue weighted by Crippen LogP contribution is -2.12. The molecule has 0 atom stereocenters. The number of aromatic nitrogens is 2. The summed E-state index contributed by atoms with van der Waals surface area (Å²) in [6, 6.07) is 6.39. The molecule has 2 heterocycles. The van der Waals surface area contributed by atoms with Crippen molar-refractivity contribution in [3.63, 3.8) is 0 Å². The van der Waals surface area contributed by atoms with Crippen LogP contribution in [0.5, 0.6) is 0 Å². The highest BCUT2D eigenvalue weighted by molar-refractivity contribution is 7.93. The summed E-state index contributed by atoms with van der Waals surface area (Å²) in [7, 11) is -2.30. The molecule has 2 aromatic heterocycles. The summed E-state index contributed by atoms with van der Waals surface area (Å²) in [5.74, 6) is 0.515.